The molecule has 0 aliphatic carbocycles. The van der Waals surface area contributed by atoms with Gasteiger partial charge >= 0.3 is 6.03 Å². The minimum absolute atomic E-state index is 0.0372. The van der Waals surface area contributed by atoms with Crippen LogP contribution in [0.15, 0.2) is 42.5 Å². The highest BCUT2D eigenvalue weighted by Crippen LogP contribution is 2.30. The highest BCUT2D eigenvalue weighted by molar-refractivity contribution is 6.10. The molecule has 2 aromatic rings. The van der Waals surface area contributed by atoms with Gasteiger partial charge < -0.3 is 24.8 Å². The summed E-state index contributed by atoms with van der Waals surface area (Å²) in [6.45, 7) is 2.98. The van der Waals surface area contributed by atoms with E-state index in [0.717, 1.165) is 18.7 Å². The number of nitrogens with zero attached hydrogens (tertiary/aromatic N) is 4. The van der Waals surface area contributed by atoms with E-state index < -0.39 is 23.5 Å². The number of piperazine rings is 1. The molecule has 0 bridgehead atoms. The van der Waals surface area contributed by atoms with Crippen molar-refractivity contribution < 1.29 is 28.7 Å². The lowest BCUT2D eigenvalue weighted by molar-refractivity contribution is -0.134. The van der Waals surface area contributed by atoms with Crippen LogP contribution >= 0.6 is 0 Å². The standard InChI is InChI=1S/C31H32N6O6/c1-34-13-15-35(16-14-34)28(40)25-9-10-26(38)37(25)22-6-3-20(4-7-22)11-12-31(29(41)32-30(42)33-31)19-36-18-21-5-8-23(43-2)17-24(21)27(36)39/h3-8,17,25H,9-10,13-16,18-19H2,1-2H3,(H2,32,33,41,42)/t25?,31-/m1/s1. The first-order chi connectivity index (χ1) is 20.7. The maximum absolute atomic E-state index is 13.3. The zero-order valence-electron chi connectivity index (χ0n) is 24.0. The number of anilines is 1. The van der Waals surface area contributed by atoms with E-state index in [9.17, 15) is 24.0 Å². The molecule has 1 unspecified atom stereocenters. The van der Waals surface area contributed by atoms with Crippen molar-refractivity contribution in [2.75, 3.05) is 51.8 Å². The van der Waals surface area contributed by atoms with Crippen molar-refractivity contribution in [3.8, 4) is 17.6 Å². The number of methoxy groups -OCH3 is 1. The summed E-state index contributed by atoms with van der Waals surface area (Å²) < 4.78 is 5.23. The second-order valence-corrected chi connectivity index (χ2v) is 11.2. The number of hydrogen-bond acceptors (Lipinski definition) is 7. The summed E-state index contributed by atoms with van der Waals surface area (Å²) in [5, 5.41) is 4.84. The number of amides is 6. The van der Waals surface area contributed by atoms with Crippen molar-refractivity contribution in [2.45, 2.75) is 31.0 Å². The van der Waals surface area contributed by atoms with Gasteiger partial charge in [-0.25, -0.2) is 4.79 Å². The van der Waals surface area contributed by atoms with Gasteiger partial charge in [-0.05, 0) is 55.4 Å². The molecule has 2 atom stereocenters. The average molecular weight is 585 g/mol. The predicted octanol–water partition coefficient (Wildman–Crippen LogP) is 0.550. The summed E-state index contributed by atoms with van der Waals surface area (Å²) in [5.41, 5.74) is 0.742. The lowest BCUT2D eigenvalue weighted by Gasteiger charge is -2.35. The van der Waals surface area contributed by atoms with Crippen molar-refractivity contribution in [3.05, 3.63) is 59.2 Å². The molecule has 6 amide bonds. The van der Waals surface area contributed by atoms with E-state index in [1.165, 1.54) is 12.0 Å². The van der Waals surface area contributed by atoms with E-state index in [-0.39, 0.29) is 30.8 Å². The lowest BCUT2D eigenvalue weighted by Crippen LogP contribution is -2.54. The summed E-state index contributed by atoms with van der Waals surface area (Å²) in [4.78, 5) is 71.5. The van der Waals surface area contributed by atoms with Crippen molar-refractivity contribution in [1.29, 1.82) is 0 Å². The Bertz CT molecular complexity index is 1570. The molecule has 12 heteroatoms. The normalized spacial score (nSPS) is 23.6. The zero-order valence-corrected chi connectivity index (χ0v) is 24.0. The number of fused-ring (bicyclic) bond motifs is 1. The highest BCUT2D eigenvalue weighted by Gasteiger charge is 2.48. The Morgan fingerprint density at radius 2 is 1.79 bits per heavy atom. The third kappa shape index (κ3) is 5.28. The van der Waals surface area contributed by atoms with Gasteiger partial charge in [0.05, 0.1) is 13.7 Å². The minimum atomic E-state index is -1.65. The van der Waals surface area contributed by atoms with Gasteiger partial charge in [-0.2, -0.15) is 0 Å². The number of ether oxygens (including phenoxy) is 1. The van der Waals surface area contributed by atoms with Crippen LogP contribution in [0.4, 0.5) is 10.5 Å². The Hall–Kier alpha value is -4.89. The molecule has 0 radical (unpaired) electrons. The molecule has 4 aliphatic rings. The summed E-state index contributed by atoms with van der Waals surface area (Å²) in [5.74, 6) is 5.33. The number of carbonyl (C=O) groups excluding carboxylic acids is 5. The quantitative estimate of drug-likeness (QED) is 0.388. The fraction of sp³-hybridized carbons (Fsp3) is 0.387. The zero-order chi connectivity index (χ0) is 30.3. The fourth-order valence-corrected chi connectivity index (χ4v) is 5.98. The molecule has 43 heavy (non-hydrogen) atoms. The Morgan fingerprint density at radius 3 is 2.47 bits per heavy atom. The maximum Gasteiger partial charge on any atom is 0.323 e. The van der Waals surface area contributed by atoms with Gasteiger partial charge in [-0.1, -0.05) is 17.9 Å². The van der Waals surface area contributed by atoms with Gasteiger partial charge in [0.2, 0.25) is 17.4 Å². The van der Waals surface area contributed by atoms with Crippen LogP contribution in [0.1, 0.15) is 34.3 Å². The van der Waals surface area contributed by atoms with Crippen LogP contribution in [0.2, 0.25) is 0 Å². The molecule has 222 valence electrons. The molecule has 3 saturated heterocycles. The van der Waals surface area contributed by atoms with Crippen molar-refractivity contribution in [2.24, 2.45) is 0 Å². The number of likely N-dealkylation sites (N-methyl/N-ethyl adjacent to an activating group) is 1. The number of imide groups is 1. The number of urea groups is 1. The van der Waals surface area contributed by atoms with Crippen molar-refractivity contribution in [1.82, 2.24) is 25.3 Å². The molecule has 12 nitrogen and oxygen atoms in total. The second-order valence-electron chi connectivity index (χ2n) is 11.2. The molecular weight excluding hydrogens is 552 g/mol. The van der Waals surface area contributed by atoms with Crippen molar-refractivity contribution in [3.63, 3.8) is 0 Å². The Labute approximate surface area is 248 Å². The van der Waals surface area contributed by atoms with Crippen LogP contribution in [-0.2, 0) is 20.9 Å². The van der Waals surface area contributed by atoms with Crippen LogP contribution in [0.25, 0.3) is 0 Å². The van der Waals surface area contributed by atoms with Crippen LogP contribution in [0.5, 0.6) is 5.75 Å². The van der Waals surface area contributed by atoms with Crippen LogP contribution in [0.3, 0.4) is 0 Å². The van der Waals surface area contributed by atoms with E-state index in [1.54, 1.807) is 47.4 Å². The lowest BCUT2D eigenvalue weighted by atomic mass is 9.99. The second kappa shape index (κ2) is 11.1. The summed E-state index contributed by atoms with van der Waals surface area (Å²) in [6.07, 6.45) is 0.768. The first-order valence-electron chi connectivity index (χ1n) is 14.2. The molecule has 4 aliphatic heterocycles. The minimum Gasteiger partial charge on any atom is -0.497 e. The molecular formula is C31H32N6O6. The van der Waals surface area contributed by atoms with Gasteiger partial charge in [-0.3, -0.25) is 29.4 Å². The van der Waals surface area contributed by atoms with E-state index >= 15 is 0 Å². The fourth-order valence-electron chi connectivity index (χ4n) is 5.98. The summed E-state index contributed by atoms with van der Waals surface area (Å²) >= 11 is 0. The number of nitrogens with one attached hydrogen (secondary N) is 2. The van der Waals surface area contributed by atoms with E-state index in [0.29, 0.717) is 48.5 Å². The number of rotatable bonds is 5. The Balaban J connectivity index is 1.20. The third-order valence-corrected chi connectivity index (χ3v) is 8.44. The van der Waals surface area contributed by atoms with E-state index in [4.69, 9.17) is 4.74 Å². The molecule has 3 fully saturated rings. The van der Waals surface area contributed by atoms with Crippen molar-refractivity contribution >= 4 is 35.3 Å². The van der Waals surface area contributed by atoms with Gasteiger partial charge in [-0.15, -0.1) is 0 Å². The number of benzene rings is 2. The molecule has 2 N–H and O–H groups in total. The topological polar surface area (TPSA) is 132 Å². The smallest absolute Gasteiger partial charge is 0.323 e. The Kier molecular flexibility index (Phi) is 7.27. The van der Waals surface area contributed by atoms with Crippen LogP contribution in [0, 0.1) is 11.8 Å². The molecule has 0 aromatic heterocycles. The van der Waals surface area contributed by atoms with E-state index in [1.807, 2.05) is 11.9 Å². The summed E-state index contributed by atoms with van der Waals surface area (Å²) in [7, 11) is 3.54. The molecule has 2 aromatic carbocycles. The van der Waals surface area contributed by atoms with E-state index in [2.05, 4.69) is 27.4 Å². The molecule has 0 spiro atoms. The molecule has 0 saturated carbocycles. The molecule has 6 rings (SSSR count). The SMILES string of the molecule is COc1ccc2c(c1)C(=O)N(C[C@@]1(C#Cc3ccc(N4C(=O)CCC4C(=O)N4CCN(C)CC4)cc3)NC(=O)NC1=O)C2. The average Bonchev–Trinajstić information content (AvgIpc) is 3.63. The first-order valence-corrected chi connectivity index (χ1v) is 14.2. The van der Waals surface area contributed by atoms with Gasteiger partial charge in [0.15, 0.2) is 0 Å². The van der Waals surface area contributed by atoms with Crippen LogP contribution in [-0.4, -0.2) is 103 Å². The molecule has 4 heterocycles. The first kappa shape index (κ1) is 28.2. The van der Waals surface area contributed by atoms with Gasteiger partial charge in [0.25, 0.3) is 11.8 Å². The number of carbonyl (C=O) groups is 5. The predicted molar refractivity (Wildman–Crippen MR) is 155 cm³/mol. The monoisotopic (exact) mass is 584 g/mol. The highest BCUT2D eigenvalue weighted by atomic mass is 16.5. The Morgan fingerprint density at radius 1 is 1.05 bits per heavy atom. The third-order valence-electron chi connectivity index (χ3n) is 8.44. The largest absolute Gasteiger partial charge is 0.497 e. The maximum atomic E-state index is 13.3. The number of hydrogen-bond donors (Lipinski definition) is 2. The van der Waals surface area contributed by atoms with Gasteiger partial charge in [0, 0.05) is 56.0 Å². The van der Waals surface area contributed by atoms with Gasteiger partial charge in [0.1, 0.15) is 11.8 Å². The summed E-state index contributed by atoms with van der Waals surface area (Å²) in [6, 6.07) is 10.8. The van der Waals surface area contributed by atoms with Crippen LogP contribution < -0.4 is 20.3 Å².